The number of nitrogens with two attached hydrogens (primary N) is 2. The Kier molecular flexibility index (Phi) is 3.79. The van der Waals surface area contributed by atoms with Crippen LogP contribution in [-0.2, 0) is 10.8 Å². The van der Waals surface area contributed by atoms with Gasteiger partial charge in [0.15, 0.2) is 5.82 Å². The Labute approximate surface area is 113 Å². The number of anilines is 2. The van der Waals surface area contributed by atoms with Crippen LogP contribution in [-0.4, -0.2) is 36.4 Å². The normalized spacial score (nSPS) is 14.2. The van der Waals surface area contributed by atoms with Gasteiger partial charge in [0.1, 0.15) is 0 Å². The number of hydrogen-bond donors (Lipinski definition) is 2. The van der Waals surface area contributed by atoms with Gasteiger partial charge in [-0.25, -0.2) is 4.68 Å². The van der Waals surface area contributed by atoms with E-state index in [1.807, 2.05) is 6.92 Å². The van der Waals surface area contributed by atoms with Crippen molar-refractivity contribution in [2.75, 3.05) is 23.5 Å². The first-order valence-electron chi connectivity index (χ1n) is 5.71. The van der Waals surface area contributed by atoms with E-state index in [1.165, 1.54) is 0 Å². The number of benzene rings is 1. The fourth-order valence-electron chi connectivity index (χ4n) is 1.90. The lowest BCUT2D eigenvalue weighted by molar-refractivity contribution is 0.521. The highest BCUT2D eigenvalue weighted by Gasteiger charge is 2.16. The smallest absolute Gasteiger partial charge is 0.182 e. The molecule has 1 aromatic heterocycles. The SMILES string of the molecule is CC(CS(C)=O)n1nnnc1-c1cc(N)cc(N)c1. The van der Waals surface area contributed by atoms with Crippen molar-refractivity contribution in [3.05, 3.63) is 18.2 Å². The minimum absolute atomic E-state index is 0.0708. The first kappa shape index (κ1) is 13.5. The van der Waals surface area contributed by atoms with Gasteiger partial charge in [-0.2, -0.15) is 0 Å². The number of rotatable bonds is 4. The summed E-state index contributed by atoms with van der Waals surface area (Å²) in [4.78, 5) is 0. The predicted octanol–water partition coefficient (Wildman–Crippen LogP) is 0.444. The van der Waals surface area contributed by atoms with Crippen molar-refractivity contribution in [2.45, 2.75) is 13.0 Å². The minimum Gasteiger partial charge on any atom is -0.399 e. The highest BCUT2D eigenvalue weighted by Crippen LogP contribution is 2.24. The standard InChI is InChI=1S/C11H16N6OS/c1-7(6-19(2)18)17-11(14-15-16-17)8-3-9(12)5-10(13)4-8/h3-5,7H,6,12-13H2,1-2H3. The van der Waals surface area contributed by atoms with Crippen molar-refractivity contribution in [2.24, 2.45) is 0 Å². The molecule has 2 atom stereocenters. The van der Waals surface area contributed by atoms with Crippen LogP contribution in [0, 0.1) is 0 Å². The third-order valence-corrected chi connectivity index (χ3v) is 3.57. The Balaban J connectivity index is 2.41. The van der Waals surface area contributed by atoms with Gasteiger partial charge in [0, 0.05) is 39.7 Å². The van der Waals surface area contributed by atoms with Gasteiger partial charge in [0.2, 0.25) is 0 Å². The quantitative estimate of drug-likeness (QED) is 0.786. The Bertz CT molecular complexity index is 591. The fraction of sp³-hybridized carbons (Fsp3) is 0.364. The van der Waals surface area contributed by atoms with Gasteiger partial charge in [0.05, 0.1) is 6.04 Å². The number of tetrazole rings is 1. The molecular weight excluding hydrogens is 264 g/mol. The lowest BCUT2D eigenvalue weighted by Gasteiger charge is -2.12. The average Bonchev–Trinajstić information content (AvgIpc) is 2.75. The van der Waals surface area contributed by atoms with E-state index in [1.54, 1.807) is 29.1 Å². The van der Waals surface area contributed by atoms with E-state index in [9.17, 15) is 4.21 Å². The summed E-state index contributed by atoms with van der Waals surface area (Å²) in [6.07, 6.45) is 1.65. The fourth-order valence-corrected chi connectivity index (χ4v) is 2.72. The van der Waals surface area contributed by atoms with Gasteiger partial charge in [-0.3, -0.25) is 4.21 Å². The van der Waals surface area contributed by atoms with Crippen LogP contribution in [0.15, 0.2) is 18.2 Å². The lowest BCUT2D eigenvalue weighted by Crippen LogP contribution is -2.15. The largest absolute Gasteiger partial charge is 0.399 e. The molecule has 8 heteroatoms. The predicted molar refractivity (Wildman–Crippen MR) is 75.7 cm³/mol. The third-order valence-electron chi connectivity index (χ3n) is 2.62. The molecule has 0 bridgehead atoms. The summed E-state index contributed by atoms with van der Waals surface area (Å²) < 4.78 is 12.9. The Morgan fingerprint density at radius 1 is 1.32 bits per heavy atom. The first-order valence-corrected chi connectivity index (χ1v) is 7.44. The lowest BCUT2D eigenvalue weighted by atomic mass is 10.1. The van der Waals surface area contributed by atoms with Gasteiger partial charge in [0.25, 0.3) is 0 Å². The van der Waals surface area contributed by atoms with E-state index in [-0.39, 0.29) is 6.04 Å². The molecule has 2 unspecified atom stereocenters. The van der Waals surface area contributed by atoms with Crippen LogP contribution in [0.1, 0.15) is 13.0 Å². The molecule has 0 radical (unpaired) electrons. The van der Waals surface area contributed by atoms with Crippen LogP contribution >= 0.6 is 0 Å². The maximum Gasteiger partial charge on any atom is 0.182 e. The van der Waals surface area contributed by atoms with Crippen LogP contribution < -0.4 is 11.5 Å². The van der Waals surface area contributed by atoms with Gasteiger partial charge in [-0.15, -0.1) is 5.10 Å². The maximum absolute atomic E-state index is 11.3. The average molecular weight is 280 g/mol. The molecule has 0 aliphatic rings. The van der Waals surface area contributed by atoms with E-state index in [2.05, 4.69) is 15.5 Å². The van der Waals surface area contributed by atoms with Crippen LogP contribution in [0.25, 0.3) is 11.4 Å². The second-order valence-corrected chi connectivity index (χ2v) is 5.90. The van der Waals surface area contributed by atoms with E-state index in [4.69, 9.17) is 11.5 Å². The molecule has 0 amide bonds. The third kappa shape index (κ3) is 3.08. The zero-order chi connectivity index (χ0) is 14.0. The Morgan fingerprint density at radius 2 is 1.95 bits per heavy atom. The van der Waals surface area contributed by atoms with Crippen LogP contribution in [0.2, 0.25) is 0 Å². The van der Waals surface area contributed by atoms with Crippen LogP contribution in [0.4, 0.5) is 11.4 Å². The van der Waals surface area contributed by atoms with Crippen LogP contribution in [0.3, 0.4) is 0 Å². The summed E-state index contributed by atoms with van der Waals surface area (Å²) in [6, 6.07) is 5.11. The molecule has 0 saturated heterocycles. The maximum atomic E-state index is 11.3. The number of aromatic nitrogens is 4. The summed E-state index contributed by atoms with van der Waals surface area (Å²) in [7, 11) is -0.920. The van der Waals surface area contributed by atoms with Crippen molar-refractivity contribution in [3.8, 4) is 11.4 Å². The Morgan fingerprint density at radius 3 is 2.53 bits per heavy atom. The monoisotopic (exact) mass is 280 g/mol. The van der Waals surface area contributed by atoms with Crippen molar-refractivity contribution in [3.63, 3.8) is 0 Å². The summed E-state index contributed by atoms with van der Waals surface area (Å²) in [5.74, 6) is 1.05. The molecule has 4 N–H and O–H groups in total. The molecule has 2 rings (SSSR count). The number of hydrogen-bond acceptors (Lipinski definition) is 6. The summed E-state index contributed by atoms with van der Waals surface area (Å²) in [5.41, 5.74) is 13.4. The minimum atomic E-state index is -0.920. The van der Waals surface area contributed by atoms with E-state index in [0.717, 1.165) is 5.56 Å². The van der Waals surface area contributed by atoms with Gasteiger partial charge < -0.3 is 11.5 Å². The van der Waals surface area contributed by atoms with Gasteiger partial charge in [-0.1, -0.05) is 0 Å². The zero-order valence-electron chi connectivity index (χ0n) is 10.8. The molecular formula is C11H16N6OS. The summed E-state index contributed by atoms with van der Waals surface area (Å²) >= 11 is 0. The van der Waals surface area contributed by atoms with Gasteiger partial charge in [-0.05, 0) is 35.5 Å². The highest BCUT2D eigenvalue weighted by atomic mass is 32.2. The molecule has 1 aromatic carbocycles. The number of nitrogen functional groups attached to an aromatic ring is 2. The molecule has 0 spiro atoms. The van der Waals surface area contributed by atoms with E-state index in [0.29, 0.717) is 23.0 Å². The molecule has 19 heavy (non-hydrogen) atoms. The second-order valence-electron chi connectivity index (χ2n) is 4.42. The van der Waals surface area contributed by atoms with Crippen molar-refractivity contribution in [1.29, 1.82) is 0 Å². The summed E-state index contributed by atoms with van der Waals surface area (Å²) in [6.45, 7) is 1.91. The molecule has 0 fully saturated rings. The molecule has 0 aliphatic carbocycles. The van der Waals surface area contributed by atoms with Crippen molar-refractivity contribution in [1.82, 2.24) is 20.2 Å². The van der Waals surface area contributed by atoms with E-state index < -0.39 is 10.8 Å². The Hall–Kier alpha value is -1.96. The van der Waals surface area contributed by atoms with Gasteiger partial charge >= 0.3 is 0 Å². The molecule has 1 heterocycles. The molecule has 0 saturated carbocycles. The topological polar surface area (TPSA) is 113 Å². The zero-order valence-corrected chi connectivity index (χ0v) is 11.6. The van der Waals surface area contributed by atoms with Crippen LogP contribution in [0.5, 0.6) is 0 Å². The number of nitrogens with zero attached hydrogens (tertiary/aromatic N) is 4. The molecule has 7 nitrogen and oxygen atoms in total. The summed E-state index contributed by atoms with van der Waals surface area (Å²) in [5, 5.41) is 11.6. The molecule has 2 aromatic rings. The highest BCUT2D eigenvalue weighted by molar-refractivity contribution is 7.84. The molecule has 102 valence electrons. The van der Waals surface area contributed by atoms with Crippen molar-refractivity contribution >= 4 is 22.2 Å². The van der Waals surface area contributed by atoms with Crippen molar-refractivity contribution < 1.29 is 4.21 Å². The first-order chi connectivity index (χ1) is 8.97. The molecule has 0 aliphatic heterocycles. The van der Waals surface area contributed by atoms with E-state index >= 15 is 0 Å². The second kappa shape index (κ2) is 5.35.